The Hall–Kier alpha value is -4.01. The predicted molar refractivity (Wildman–Crippen MR) is 147 cm³/mol. The van der Waals surface area contributed by atoms with Crippen molar-refractivity contribution < 1.29 is 22.0 Å². The molecular weight excluding hydrogens is 542 g/mol. The first-order valence-corrected chi connectivity index (χ1v) is 14.0. The zero-order chi connectivity index (χ0) is 28.6. The molecule has 1 aliphatic heterocycles. The normalized spacial score (nSPS) is 14.7. The lowest BCUT2D eigenvalue weighted by atomic mass is 10.0. The van der Waals surface area contributed by atoms with Gasteiger partial charge in [0.25, 0.3) is 0 Å². The first-order chi connectivity index (χ1) is 19.1. The van der Waals surface area contributed by atoms with Crippen molar-refractivity contribution in [2.75, 3.05) is 56.4 Å². The lowest BCUT2D eigenvalue weighted by molar-refractivity contribution is 0.103. The first kappa shape index (κ1) is 27.6. The van der Waals surface area contributed by atoms with Gasteiger partial charge in [-0.3, -0.25) is 9.52 Å². The number of hydrogen-bond acceptors (Lipinski definition) is 8. The van der Waals surface area contributed by atoms with Gasteiger partial charge in [-0.15, -0.1) is 0 Å². The van der Waals surface area contributed by atoms with E-state index in [1.54, 1.807) is 31.6 Å². The molecule has 1 fully saturated rings. The lowest BCUT2D eigenvalue weighted by Gasteiger charge is -2.32. The third kappa shape index (κ3) is 5.24. The number of carbonyl (C=O) groups is 1. The number of carbonyl (C=O) groups excluding carboxylic acids is 1. The highest BCUT2D eigenvalue weighted by Gasteiger charge is 2.27. The Morgan fingerprint density at radius 1 is 1.07 bits per heavy atom. The summed E-state index contributed by atoms with van der Waals surface area (Å²) in [6, 6.07) is 3.44. The summed E-state index contributed by atoms with van der Waals surface area (Å²) < 4.78 is 58.0. The summed E-state index contributed by atoms with van der Waals surface area (Å²) in [5, 5.41) is 0.334. The van der Waals surface area contributed by atoms with Crippen LogP contribution in [0.4, 0.5) is 20.4 Å². The van der Waals surface area contributed by atoms with Crippen molar-refractivity contribution in [1.82, 2.24) is 29.1 Å². The third-order valence-corrected chi connectivity index (χ3v) is 8.50. The first-order valence-electron chi connectivity index (χ1n) is 12.6. The van der Waals surface area contributed by atoms with Crippen LogP contribution in [0.25, 0.3) is 22.2 Å². The Balaban J connectivity index is 1.46. The maximum absolute atomic E-state index is 15.4. The molecule has 2 N–H and O–H groups in total. The van der Waals surface area contributed by atoms with Crippen LogP contribution in [0.2, 0.25) is 0 Å². The van der Waals surface area contributed by atoms with Gasteiger partial charge in [-0.05, 0) is 25.2 Å². The fraction of sp³-hybridized carbons (Fsp3) is 0.308. The number of aromatic amines is 1. The topological polar surface area (TPSA) is 127 Å². The SMILES string of the molecule is CCN(C)S(=O)(=O)Nc1ccc(F)c(C(=O)c2c[nH]c3ncc(-c4cnc(N5CCN(C)CC5)nc4)cc23)c1F. The van der Waals surface area contributed by atoms with Gasteiger partial charge in [0.2, 0.25) is 11.7 Å². The maximum atomic E-state index is 15.4. The fourth-order valence-corrected chi connectivity index (χ4v) is 5.28. The number of halogens is 2. The monoisotopic (exact) mass is 570 g/mol. The molecule has 40 heavy (non-hydrogen) atoms. The van der Waals surface area contributed by atoms with Crippen molar-refractivity contribution in [3.63, 3.8) is 0 Å². The Bertz CT molecular complexity index is 1670. The quantitative estimate of drug-likeness (QED) is 0.310. The molecule has 14 heteroatoms. The minimum absolute atomic E-state index is 0.0252. The number of ketones is 1. The number of H-pyrrole nitrogens is 1. The Morgan fingerprint density at radius 3 is 2.42 bits per heavy atom. The molecule has 3 aromatic heterocycles. The molecule has 4 aromatic rings. The summed E-state index contributed by atoms with van der Waals surface area (Å²) >= 11 is 0. The standard InChI is InChI=1S/C26H28F2N8O3S/c1-4-35(3)40(38,39)33-21-6-5-20(27)22(23(21)28)24(37)19-15-30-25-18(19)11-16(12-29-25)17-13-31-26(32-14-17)36-9-7-34(2)8-10-36/h5-6,11-15,33H,4,7-10H2,1-3H3,(H,29,30). The van der Waals surface area contributed by atoms with E-state index in [2.05, 4.69) is 41.5 Å². The van der Waals surface area contributed by atoms with E-state index in [9.17, 15) is 17.6 Å². The molecule has 1 aliphatic rings. The lowest BCUT2D eigenvalue weighted by Crippen LogP contribution is -2.45. The van der Waals surface area contributed by atoms with Crippen molar-refractivity contribution in [1.29, 1.82) is 0 Å². The van der Waals surface area contributed by atoms with E-state index in [-0.39, 0.29) is 12.1 Å². The van der Waals surface area contributed by atoms with E-state index in [0.29, 0.717) is 28.1 Å². The molecular formula is C26H28F2N8O3S. The van der Waals surface area contributed by atoms with Crippen LogP contribution in [0.5, 0.6) is 0 Å². The maximum Gasteiger partial charge on any atom is 0.301 e. The van der Waals surface area contributed by atoms with Gasteiger partial charge in [0.05, 0.1) is 11.3 Å². The molecule has 0 bridgehead atoms. The summed E-state index contributed by atoms with van der Waals surface area (Å²) in [5.74, 6) is -2.79. The van der Waals surface area contributed by atoms with Gasteiger partial charge >= 0.3 is 10.2 Å². The van der Waals surface area contributed by atoms with Gasteiger partial charge in [-0.2, -0.15) is 12.7 Å². The van der Waals surface area contributed by atoms with Crippen molar-refractivity contribution in [3.05, 3.63) is 65.7 Å². The number of likely N-dealkylation sites (N-methyl/N-ethyl adjacent to an activating group) is 1. The Kier molecular flexibility index (Phi) is 7.49. The van der Waals surface area contributed by atoms with Crippen LogP contribution in [-0.2, 0) is 10.2 Å². The highest BCUT2D eigenvalue weighted by molar-refractivity contribution is 7.90. The van der Waals surface area contributed by atoms with Gasteiger partial charge in [0.1, 0.15) is 11.5 Å². The van der Waals surface area contributed by atoms with E-state index in [1.165, 1.54) is 13.2 Å². The number of rotatable bonds is 8. The number of nitrogens with zero attached hydrogens (tertiary/aromatic N) is 6. The minimum Gasteiger partial charge on any atom is -0.345 e. The largest absolute Gasteiger partial charge is 0.345 e. The second-order valence-electron chi connectivity index (χ2n) is 9.52. The molecule has 0 saturated carbocycles. The van der Waals surface area contributed by atoms with Crippen LogP contribution in [0.3, 0.4) is 0 Å². The van der Waals surface area contributed by atoms with Crippen LogP contribution in [0.15, 0.2) is 43.0 Å². The predicted octanol–water partition coefficient (Wildman–Crippen LogP) is 2.89. The van der Waals surface area contributed by atoms with Gasteiger partial charge in [0.15, 0.2) is 5.82 Å². The molecule has 210 valence electrons. The summed E-state index contributed by atoms with van der Waals surface area (Å²) in [6.45, 7) is 5.21. The molecule has 0 aliphatic carbocycles. The number of pyridine rings is 1. The molecule has 0 amide bonds. The molecule has 0 radical (unpaired) electrons. The number of anilines is 2. The number of nitrogens with one attached hydrogen (secondary N) is 2. The van der Waals surface area contributed by atoms with Gasteiger partial charge < -0.3 is 14.8 Å². The van der Waals surface area contributed by atoms with Crippen LogP contribution in [0.1, 0.15) is 22.8 Å². The van der Waals surface area contributed by atoms with Crippen LogP contribution in [-0.4, -0.2) is 90.2 Å². The second kappa shape index (κ2) is 10.9. The second-order valence-corrected chi connectivity index (χ2v) is 11.3. The van der Waals surface area contributed by atoms with Crippen molar-refractivity contribution in [2.45, 2.75) is 6.92 Å². The van der Waals surface area contributed by atoms with Gasteiger partial charge in [-0.1, -0.05) is 6.92 Å². The van der Waals surface area contributed by atoms with Crippen molar-refractivity contribution in [2.24, 2.45) is 0 Å². The molecule has 0 unspecified atom stereocenters. The molecule has 11 nitrogen and oxygen atoms in total. The van der Waals surface area contributed by atoms with E-state index >= 15 is 4.39 Å². The fourth-order valence-electron chi connectivity index (χ4n) is 4.35. The molecule has 0 spiro atoms. The number of benzene rings is 1. The van der Waals surface area contributed by atoms with Gasteiger partial charge in [0, 0.05) is 86.6 Å². The average molecular weight is 571 g/mol. The highest BCUT2D eigenvalue weighted by atomic mass is 32.2. The minimum atomic E-state index is -4.10. The van der Waals surface area contributed by atoms with E-state index in [1.807, 2.05) is 0 Å². The van der Waals surface area contributed by atoms with Crippen LogP contribution >= 0.6 is 0 Å². The summed E-state index contributed by atoms with van der Waals surface area (Å²) in [6.07, 6.45) is 6.24. The average Bonchev–Trinajstić information content (AvgIpc) is 3.38. The zero-order valence-corrected chi connectivity index (χ0v) is 23.0. The van der Waals surface area contributed by atoms with E-state index < -0.39 is 38.9 Å². The van der Waals surface area contributed by atoms with Crippen molar-refractivity contribution >= 4 is 38.7 Å². The number of piperazine rings is 1. The third-order valence-electron chi connectivity index (χ3n) is 6.95. The number of hydrogen-bond donors (Lipinski definition) is 2. The van der Waals surface area contributed by atoms with E-state index in [4.69, 9.17) is 0 Å². The summed E-state index contributed by atoms with van der Waals surface area (Å²) in [5.41, 5.74) is 0.149. The number of fused-ring (bicyclic) bond motifs is 1. The van der Waals surface area contributed by atoms with Crippen LogP contribution in [0, 0.1) is 11.6 Å². The zero-order valence-electron chi connectivity index (χ0n) is 22.1. The van der Waals surface area contributed by atoms with Crippen LogP contribution < -0.4 is 9.62 Å². The van der Waals surface area contributed by atoms with Gasteiger partial charge in [-0.25, -0.2) is 23.7 Å². The van der Waals surface area contributed by atoms with E-state index in [0.717, 1.165) is 42.6 Å². The smallest absolute Gasteiger partial charge is 0.301 e. The Morgan fingerprint density at radius 2 is 1.75 bits per heavy atom. The van der Waals surface area contributed by atoms with Crippen molar-refractivity contribution in [3.8, 4) is 11.1 Å². The highest BCUT2D eigenvalue weighted by Crippen LogP contribution is 2.30. The molecule has 4 heterocycles. The molecule has 1 aromatic carbocycles. The molecule has 0 atom stereocenters. The Labute approximate surface area is 230 Å². The molecule has 5 rings (SSSR count). The summed E-state index contributed by atoms with van der Waals surface area (Å²) in [4.78, 5) is 33.9. The molecule has 1 saturated heterocycles. The summed E-state index contributed by atoms with van der Waals surface area (Å²) in [7, 11) is -0.732. The number of aromatic nitrogens is 4.